The van der Waals surface area contributed by atoms with Crippen LogP contribution in [0.1, 0.15) is 37.4 Å². The predicted molar refractivity (Wildman–Crippen MR) is 68.7 cm³/mol. The molecular weight excluding hydrogens is 198 g/mol. The SMILES string of the molecule is C=C(CC)COc1ccc(C)cc1C(C)N. The van der Waals surface area contributed by atoms with Gasteiger partial charge in [0.15, 0.2) is 0 Å². The van der Waals surface area contributed by atoms with E-state index >= 15 is 0 Å². The molecule has 0 radical (unpaired) electrons. The van der Waals surface area contributed by atoms with Crippen LogP contribution in [0.5, 0.6) is 5.75 Å². The molecule has 1 atom stereocenters. The van der Waals surface area contributed by atoms with Gasteiger partial charge in [0.2, 0.25) is 0 Å². The standard InChI is InChI=1S/C14H21NO/c1-5-10(2)9-16-14-7-6-11(3)8-13(14)12(4)15/h6-8,12H,2,5,9,15H2,1,3-4H3. The second kappa shape index (κ2) is 5.71. The van der Waals surface area contributed by atoms with Crippen molar-refractivity contribution >= 4 is 0 Å². The zero-order chi connectivity index (χ0) is 12.1. The average molecular weight is 219 g/mol. The molecule has 0 saturated heterocycles. The van der Waals surface area contributed by atoms with Crippen LogP contribution in [0.4, 0.5) is 0 Å². The third kappa shape index (κ3) is 3.38. The molecule has 1 aromatic rings. The van der Waals surface area contributed by atoms with Gasteiger partial charge in [-0.15, -0.1) is 0 Å². The highest BCUT2D eigenvalue weighted by Crippen LogP contribution is 2.25. The molecule has 2 heteroatoms. The molecule has 0 heterocycles. The Morgan fingerprint density at radius 2 is 2.19 bits per heavy atom. The molecule has 88 valence electrons. The molecule has 0 fully saturated rings. The van der Waals surface area contributed by atoms with E-state index < -0.39 is 0 Å². The second-order valence-corrected chi connectivity index (χ2v) is 4.22. The first-order valence-corrected chi connectivity index (χ1v) is 5.70. The van der Waals surface area contributed by atoms with Crippen molar-refractivity contribution in [2.45, 2.75) is 33.2 Å². The highest BCUT2D eigenvalue weighted by Gasteiger charge is 2.08. The maximum absolute atomic E-state index is 5.92. The van der Waals surface area contributed by atoms with Gasteiger partial charge in [-0.3, -0.25) is 0 Å². The van der Waals surface area contributed by atoms with Gasteiger partial charge < -0.3 is 10.5 Å². The molecule has 2 nitrogen and oxygen atoms in total. The van der Waals surface area contributed by atoms with E-state index in [-0.39, 0.29) is 6.04 Å². The molecule has 0 aliphatic heterocycles. The third-order valence-corrected chi connectivity index (χ3v) is 2.59. The lowest BCUT2D eigenvalue weighted by Crippen LogP contribution is -2.09. The van der Waals surface area contributed by atoms with Crippen LogP contribution in [-0.4, -0.2) is 6.61 Å². The van der Waals surface area contributed by atoms with Crippen LogP contribution in [-0.2, 0) is 0 Å². The molecule has 1 aromatic carbocycles. The fourth-order valence-electron chi connectivity index (χ4n) is 1.44. The van der Waals surface area contributed by atoms with Crippen molar-refractivity contribution in [1.82, 2.24) is 0 Å². The monoisotopic (exact) mass is 219 g/mol. The maximum Gasteiger partial charge on any atom is 0.124 e. The van der Waals surface area contributed by atoms with Gasteiger partial charge in [0.05, 0.1) is 0 Å². The van der Waals surface area contributed by atoms with Crippen LogP contribution in [0.15, 0.2) is 30.4 Å². The number of nitrogens with two attached hydrogens (primary N) is 1. The van der Waals surface area contributed by atoms with E-state index in [0.29, 0.717) is 6.61 Å². The number of benzene rings is 1. The first kappa shape index (κ1) is 12.8. The van der Waals surface area contributed by atoms with Crippen LogP contribution in [0.25, 0.3) is 0 Å². The van der Waals surface area contributed by atoms with Crippen LogP contribution in [0, 0.1) is 6.92 Å². The Hall–Kier alpha value is -1.28. The lowest BCUT2D eigenvalue weighted by molar-refractivity contribution is 0.343. The van der Waals surface area contributed by atoms with E-state index in [4.69, 9.17) is 10.5 Å². The van der Waals surface area contributed by atoms with Gasteiger partial charge in [-0.2, -0.15) is 0 Å². The third-order valence-electron chi connectivity index (χ3n) is 2.59. The summed E-state index contributed by atoms with van der Waals surface area (Å²) < 4.78 is 5.73. The van der Waals surface area contributed by atoms with E-state index in [1.165, 1.54) is 5.56 Å². The summed E-state index contributed by atoms with van der Waals surface area (Å²) in [6.45, 7) is 10.6. The predicted octanol–water partition coefficient (Wildman–Crippen LogP) is 3.36. The summed E-state index contributed by atoms with van der Waals surface area (Å²) in [5.74, 6) is 0.871. The lowest BCUT2D eigenvalue weighted by atomic mass is 10.1. The Bertz CT molecular complexity index is 369. The van der Waals surface area contributed by atoms with Gasteiger partial charge >= 0.3 is 0 Å². The molecule has 0 spiro atoms. The molecule has 1 rings (SSSR count). The van der Waals surface area contributed by atoms with Crippen LogP contribution in [0.2, 0.25) is 0 Å². The zero-order valence-corrected chi connectivity index (χ0v) is 10.4. The van der Waals surface area contributed by atoms with Gasteiger partial charge in [0.1, 0.15) is 12.4 Å². The molecule has 1 unspecified atom stereocenters. The minimum Gasteiger partial charge on any atom is -0.489 e. The van der Waals surface area contributed by atoms with Crippen molar-refractivity contribution < 1.29 is 4.74 Å². The van der Waals surface area contributed by atoms with Crippen molar-refractivity contribution in [1.29, 1.82) is 0 Å². The van der Waals surface area contributed by atoms with Crippen molar-refractivity contribution in [2.24, 2.45) is 5.73 Å². The van der Waals surface area contributed by atoms with Gasteiger partial charge in [-0.25, -0.2) is 0 Å². The Morgan fingerprint density at radius 3 is 2.75 bits per heavy atom. The van der Waals surface area contributed by atoms with Crippen molar-refractivity contribution in [3.05, 3.63) is 41.5 Å². The number of aryl methyl sites for hydroxylation is 1. The largest absolute Gasteiger partial charge is 0.489 e. The molecule has 0 aliphatic rings. The summed E-state index contributed by atoms with van der Waals surface area (Å²) >= 11 is 0. The smallest absolute Gasteiger partial charge is 0.124 e. The van der Waals surface area contributed by atoms with Gasteiger partial charge in [0.25, 0.3) is 0 Å². The van der Waals surface area contributed by atoms with E-state index in [0.717, 1.165) is 23.3 Å². The van der Waals surface area contributed by atoms with Gasteiger partial charge in [-0.05, 0) is 31.9 Å². The molecular formula is C14H21NO. The average Bonchev–Trinajstić information content (AvgIpc) is 2.26. The van der Waals surface area contributed by atoms with Crippen molar-refractivity contribution in [3.8, 4) is 5.75 Å². The fraction of sp³-hybridized carbons (Fsp3) is 0.429. The normalized spacial score (nSPS) is 12.2. The number of ether oxygens (including phenoxy) is 1. The summed E-state index contributed by atoms with van der Waals surface area (Å²) in [5.41, 5.74) is 9.28. The first-order valence-electron chi connectivity index (χ1n) is 5.70. The molecule has 0 bridgehead atoms. The first-order chi connectivity index (χ1) is 7.54. The van der Waals surface area contributed by atoms with Gasteiger partial charge in [0, 0.05) is 11.6 Å². The van der Waals surface area contributed by atoms with Crippen molar-refractivity contribution in [2.75, 3.05) is 6.61 Å². The maximum atomic E-state index is 5.92. The molecule has 0 aromatic heterocycles. The van der Waals surface area contributed by atoms with Crippen molar-refractivity contribution in [3.63, 3.8) is 0 Å². The highest BCUT2D eigenvalue weighted by molar-refractivity contribution is 5.38. The number of rotatable bonds is 5. The Balaban J connectivity index is 2.82. The molecule has 0 amide bonds. The number of hydrogen-bond acceptors (Lipinski definition) is 2. The Kier molecular flexibility index (Phi) is 4.56. The Labute approximate surface area is 98.1 Å². The Morgan fingerprint density at radius 1 is 1.50 bits per heavy atom. The summed E-state index contributed by atoms with van der Waals surface area (Å²) in [6, 6.07) is 6.09. The lowest BCUT2D eigenvalue weighted by Gasteiger charge is -2.15. The minimum absolute atomic E-state index is 0.00945. The quantitative estimate of drug-likeness (QED) is 0.771. The minimum atomic E-state index is -0.00945. The highest BCUT2D eigenvalue weighted by atomic mass is 16.5. The van der Waals surface area contributed by atoms with E-state index in [1.54, 1.807) is 0 Å². The fourth-order valence-corrected chi connectivity index (χ4v) is 1.44. The van der Waals surface area contributed by atoms with E-state index in [9.17, 15) is 0 Å². The van der Waals surface area contributed by atoms with Crippen LogP contribution >= 0.6 is 0 Å². The molecule has 2 N–H and O–H groups in total. The molecule has 0 saturated carbocycles. The van der Waals surface area contributed by atoms with E-state index in [2.05, 4.69) is 26.5 Å². The van der Waals surface area contributed by atoms with E-state index in [1.807, 2.05) is 19.1 Å². The van der Waals surface area contributed by atoms with Gasteiger partial charge in [-0.1, -0.05) is 31.2 Å². The van der Waals surface area contributed by atoms with Crippen LogP contribution < -0.4 is 10.5 Å². The molecule has 0 aliphatic carbocycles. The second-order valence-electron chi connectivity index (χ2n) is 4.22. The summed E-state index contributed by atoms with van der Waals surface area (Å²) in [5, 5.41) is 0. The van der Waals surface area contributed by atoms with Crippen LogP contribution in [0.3, 0.4) is 0 Å². The zero-order valence-electron chi connectivity index (χ0n) is 10.4. The summed E-state index contributed by atoms with van der Waals surface area (Å²) in [4.78, 5) is 0. The summed E-state index contributed by atoms with van der Waals surface area (Å²) in [6.07, 6.45) is 0.944. The summed E-state index contributed by atoms with van der Waals surface area (Å²) in [7, 11) is 0. The number of hydrogen-bond donors (Lipinski definition) is 1. The molecule has 16 heavy (non-hydrogen) atoms. The topological polar surface area (TPSA) is 35.2 Å².